The van der Waals surface area contributed by atoms with Crippen LogP contribution in [0.4, 0.5) is 0 Å². The molecule has 6 rings (SSSR count). The molecule has 6 nitrogen and oxygen atoms in total. The molecule has 0 radical (unpaired) electrons. The van der Waals surface area contributed by atoms with Crippen molar-refractivity contribution in [1.29, 1.82) is 0 Å². The molecule has 0 saturated carbocycles. The van der Waals surface area contributed by atoms with E-state index in [1.165, 1.54) is 12.5 Å². The van der Waals surface area contributed by atoms with Crippen molar-refractivity contribution in [2.75, 3.05) is 14.2 Å². The van der Waals surface area contributed by atoms with Crippen molar-refractivity contribution in [3.63, 3.8) is 0 Å². The number of fused-ring (bicyclic) bond motifs is 3. The number of benzene rings is 4. The van der Waals surface area contributed by atoms with E-state index in [0.29, 0.717) is 40.5 Å². The number of ketones is 1. The Bertz CT molecular complexity index is 1770. The molecule has 0 bridgehead atoms. The summed E-state index contributed by atoms with van der Waals surface area (Å²) in [5.74, 6) is -0.114. The maximum absolute atomic E-state index is 13.7. The van der Waals surface area contributed by atoms with Crippen LogP contribution in [0.15, 0.2) is 95.7 Å². The Balaban J connectivity index is 1.41. The molecule has 0 unspecified atom stereocenters. The Kier molecular flexibility index (Phi) is 6.83. The molecule has 0 amide bonds. The molecule has 1 aliphatic carbocycles. The van der Waals surface area contributed by atoms with Gasteiger partial charge in [-0.2, -0.15) is 0 Å². The normalized spacial score (nSPS) is 16.0. The van der Waals surface area contributed by atoms with Crippen LogP contribution < -0.4 is 14.8 Å². The van der Waals surface area contributed by atoms with Gasteiger partial charge >= 0.3 is 5.97 Å². The summed E-state index contributed by atoms with van der Waals surface area (Å²) in [4.78, 5) is 26.8. The van der Waals surface area contributed by atoms with E-state index in [1.807, 2.05) is 55.5 Å². The molecule has 0 fully saturated rings. The molecule has 7 heteroatoms. The predicted octanol–water partition coefficient (Wildman–Crippen LogP) is 6.77. The van der Waals surface area contributed by atoms with Crippen molar-refractivity contribution in [1.82, 2.24) is 5.32 Å². The minimum Gasteiger partial charge on any atom is -0.493 e. The van der Waals surface area contributed by atoms with E-state index >= 15 is 0 Å². The summed E-state index contributed by atoms with van der Waals surface area (Å²) in [6, 6.07) is 25.7. The maximum Gasteiger partial charge on any atom is 0.336 e. The summed E-state index contributed by atoms with van der Waals surface area (Å²) in [5.41, 5.74) is 5.50. The average Bonchev–Trinajstić information content (AvgIpc) is 3.26. The molecular formula is C33H26INO5. The second-order valence-electron chi connectivity index (χ2n) is 9.76. The summed E-state index contributed by atoms with van der Waals surface area (Å²) < 4.78 is 18.0. The van der Waals surface area contributed by atoms with Crippen molar-refractivity contribution in [3.8, 4) is 11.5 Å². The molecule has 1 atom stereocenters. The third-order valence-corrected chi connectivity index (χ3v) is 8.24. The van der Waals surface area contributed by atoms with Crippen LogP contribution in [0.2, 0.25) is 0 Å². The van der Waals surface area contributed by atoms with E-state index in [4.69, 9.17) is 14.2 Å². The Morgan fingerprint density at radius 2 is 1.65 bits per heavy atom. The van der Waals surface area contributed by atoms with Gasteiger partial charge in [-0.3, -0.25) is 4.79 Å². The van der Waals surface area contributed by atoms with Gasteiger partial charge in [0.2, 0.25) is 0 Å². The molecule has 4 aromatic rings. The van der Waals surface area contributed by atoms with Crippen LogP contribution in [-0.2, 0) is 16.1 Å². The van der Waals surface area contributed by atoms with E-state index in [-0.39, 0.29) is 5.78 Å². The van der Waals surface area contributed by atoms with Crippen LogP contribution in [-0.4, -0.2) is 26.0 Å². The number of hydrogen-bond acceptors (Lipinski definition) is 6. The number of Topliss-reactive ketones (excluding diaryl/α,β-unsaturated/α-hetero) is 1. The van der Waals surface area contributed by atoms with Crippen LogP contribution in [0.25, 0.3) is 16.5 Å². The quantitative estimate of drug-likeness (QED) is 0.185. The van der Waals surface area contributed by atoms with Crippen LogP contribution in [0.3, 0.4) is 0 Å². The first kappa shape index (κ1) is 26.1. The van der Waals surface area contributed by atoms with E-state index in [1.54, 1.807) is 7.11 Å². The lowest BCUT2D eigenvalue weighted by Crippen LogP contribution is -2.29. The van der Waals surface area contributed by atoms with Gasteiger partial charge in [-0.25, -0.2) is 4.79 Å². The monoisotopic (exact) mass is 643 g/mol. The number of nitrogens with one attached hydrogen (secondary N) is 1. The zero-order chi connectivity index (χ0) is 28.0. The summed E-state index contributed by atoms with van der Waals surface area (Å²) >= 11 is 2.22. The fourth-order valence-corrected chi connectivity index (χ4v) is 6.35. The number of ether oxygens (including phenoxy) is 3. The lowest BCUT2D eigenvalue weighted by molar-refractivity contribution is -0.136. The highest BCUT2D eigenvalue weighted by Gasteiger charge is 2.43. The molecule has 2 aliphatic rings. The van der Waals surface area contributed by atoms with Crippen molar-refractivity contribution in [3.05, 3.63) is 122 Å². The van der Waals surface area contributed by atoms with E-state index in [0.717, 1.165) is 31.3 Å². The third-order valence-electron chi connectivity index (χ3n) is 7.44. The Morgan fingerprint density at radius 1 is 0.925 bits per heavy atom. The summed E-state index contributed by atoms with van der Waals surface area (Å²) in [6.45, 7) is 2.19. The van der Waals surface area contributed by atoms with Crippen molar-refractivity contribution >= 4 is 50.8 Å². The van der Waals surface area contributed by atoms with E-state index in [9.17, 15) is 9.59 Å². The number of dihydropyridines is 1. The first-order chi connectivity index (χ1) is 19.4. The Labute approximate surface area is 245 Å². The Morgan fingerprint density at radius 3 is 2.40 bits per heavy atom. The molecular weight excluding hydrogens is 617 g/mol. The number of methoxy groups -OCH3 is 2. The van der Waals surface area contributed by atoms with Gasteiger partial charge in [0.15, 0.2) is 17.3 Å². The Hall–Kier alpha value is -4.11. The largest absolute Gasteiger partial charge is 0.493 e. The molecule has 200 valence electrons. The van der Waals surface area contributed by atoms with Gasteiger partial charge < -0.3 is 19.5 Å². The van der Waals surface area contributed by atoms with Crippen LogP contribution in [0, 0.1) is 3.57 Å². The number of hydrogen-bond donors (Lipinski definition) is 1. The molecule has 4 aromatic carbocycles. The standard InChI is InChI=1S/C33H26INO5/c1-18-27(33(37)39-3)28(29-30(35-18)23-10-6-7-11-24(23)31(29)36)22-15-25(34)32(26(16-22)38-2)40-17-19-12-13-20-8-4-5-9-21(20)14-19/h4-16,28,35H,17H2,1-3H3/t28-/m0/s1. The lowest BCUT2D eigenvalue weighted by Gasteiger charge is -2.29. The van der Waals surface area contributed by atoms with Crippen molar-refractivity contribution in [2.24, 2.45) is 0 Å². The first-order valence-corrected chi connectivity index (χ1v) is 13.9. The van der Waals surface area contributed by atoms with Gasteiger partial charge in [0.25, 0.3) is 0 Å². The molecule has 1 heterocycles. The number of halogens is 1. The highest BCUT2D eigenvalue weighted by Crippen LogP contribution is 2.48. The van der Waals surface area contributed by atoms with E-state index in [2.05, 4.69) is 58.2 Å². The number of allylic oxidation sites excluding steroid dienone is 2. The van der Waals surface area contributed by atoms with Crippen LogP contribution in [0.1, 0.15) is 39.9 Å². The van der Waals surface area contributed by atoms with Gasteiger partial charge in [0.05, 0.1) is 29.1 Å². The van der Waals surface area contributed by atoms with Crippen molar-refractivity contribution in [2.45, 2.75) is 19.4 Å². The molecule has 0 saturated heterocycles. The highest BCUT2D eigenvalue weighted by atomic mass is 127. The van der Waals surface area contributed by atoms with E-state index < -0.39 is 11.9 Å². The molecule has 40 heavy (non-hydrogen) atoms. The van der Waals surface area contributed by atoms with Gasteiger partial charge in [0.1, 0.15) is 6.61 Å². The predicted molar refractivity (Wildman–Crippen MR) is 162 cm³/mol. The topological polar surface area (TPSA) is 73.9 Å². The fraction of sp³-hybridized carbons (Fsp3) is 0.152. The SMILES string of the molecule is COC(=O)C1=C(C)NC2=C(C(=O)c3ccccc32)[C@H]1c1cc(I)c(OCc2ccc3ccccc3c2)c(OC)c1. The lowest BCUT2D eigenvalue weighted by atomic mass is 9.79. The number of carbonyl (C=O) groups excluding carboxylic acids is 2. The minimum atomic E-state index is -0.638. The van der Waals surface area contributed by atoms with Crippen LogP contribution >= 0.6 is 22.6 Å². The van der Waals surface area contributed by atoms with Crippen LogP contribution in [0.5, 0.6) is 11.5 Å². The summed E-state index contributed by atoms with van der Waals surface area (Å²) in [7, 11) is 2.94. The zero-order valence-electron chi connectivity index (χ0n) is 22.2. The molecule has 0 aromatic heterocycles. The zero-order valence-corrected chi connectivity index (χ0v) is 24.4. The van der Waals surface area contributed by atoms with Gasteiger partial charge in [-0.05, 0) is 69.6 Å². The minimum absolute atomic E-state index is 0.109. The number of rotatable bonds is 6. The molecule has 1 N–H and O–H groups in total. The second-order valence-corrected chi connectivity index (χ2v) is 10.9. The maximum atomic E-state index is 13.7. The fourth-order valence-electron chi connectivity index (χ4n) is 5.57. The molecule has 1 aliphatic heterocycles. The number of esters is 1. The first-order valence-electron chi connectivity index (χ1n) is 12.8. The summed E-state index contributed by atoms with van der Waals surface area (Å²) in [5, 5.41) is 5.64. The van der Waals surface area contributed by atoms with Crippen molar-refractivity contribution < 1.29 is 23.8 Å². The highest BCUT2D eigenvalue weighted by molar-refractivity contribution is 14.1. The summed E-state index contributed by atoms with van der Waals surface area (Å²) in [6.07, 6.45) is 0. The average molecular weight is 643 g/mol. The smallest absolute Gasteiger partial charge is 0.336 e. The van der Waals surface area contributed by atoms with Gasteiger partial charge in [-0.1, -0.05) is 60.7 Å². The third kappa shape index (κ3) is 4.34. The second kappa shape index (κ2) is 10.5. The molecule has 0 spiro atoms. The van der Waals surface area contributed by atoms with Gasteiger partial charge in [-0.15, -0.1) is 0 Å². The number of carbonyl (C=O) groups is 2. The van der Waals surface area contributed by atoms with Gasteiger partial charge in [0, 0.05) is 28.3 Å².